The van der Waals surface area contributed by atoms with Crippen molar-refractivity contribution in [2.75, 3.05) is 13.7 Å². The Kier molecular flexibility index (Phi) is 4.18. The van der Waals surface area contributed by atoms with E-state index in [-0.39, 0.29) is 5.75 Å². The maximum Gasteiger partial charge on any atom is 0.218 e. The van der Waals surface area contributed by atoms with Crippen LogP contribution < -0.4 is 4.74 Å². The molecule has 0 N–H and O–H groups in total. The van der Waals surface area contributed by atoms with Crippen LogP contribution in [0.25, 0.3) is 0 Å². The van der Waals surface area contributed by atoms with Gasteiger partial charge in [0.15, 0.2) is 0 Å². The number of hydrogen-bond acceptors (Lipinski definition) is 3. The van der Waals surface area contributed by atoms with Crippen LogP contribution in [0.3, 0.4) is 0 Å². The molecule has 2 aromatic carbocycles. The molecule has 0 saturated heterocycles. The minimum atomic E-state index is -3.29. The zero-order chi connectivity index (χ0) is 15.6. The molecular formula is C17H19NO3S. The van der Waals surface area contributed by atoms with Gasteiger partial charge in [-0.15, -0.1) is 0 Å². The summed E-state index contributed by atoms with van der Waals surface area (Å²) in [5, 5.41) is 0. The van der Waals surface area contributed by atoms with Crippen molar-refractivity contribution in [3.63, 3.8) is 0 Å². The highest BCUT2D eigenvalue weighted by atomic mass is 32.2. The predicted molar refractivity (Wildman–Crippen MR) is 86.2 cm³/mol. The second-order valence-corrected chi connectivity index (χ2v) is 7.43. The maximum atomic E-state index is 12.6. The summed E-state index contributed by atoms with van der Waals surface area (Å²) in [6, 6.07) is 15.1. The van der Waals surface area contributed by atoms with Crippen LogP contribution in [0.5, 0.6) is 5.75 Å². The second-order valence-electron chi connectivity index (χ2n) is 5.46. The average molecular weight is 317 g/mol. The van der Waals surface area contributed by atoms with Gasteiger partial charge in [0.25, 0.3) is 0 Å². The van der Waals surface area contributed by atoms with Gasteiger partial charge in [0.05, 0.1) is 12.9 Å². The maximum absolute atomic E-state index is 12.6. The highest BCUT2D eigenvalue weighted by molar-refractivity contribution is 7.88. The molecule has 1 aliphatic rings. The number of hydrogen-bond donors (Lipinski definition) is 0. The van der Waals surface area contributed by atoms with Crippen LogP contribution in [-0.4, -0.2) is 26.4 Å². The molecule has 2 aromatic rings. The van der Waals surface area contributed by atoms with E-state index in [2.05, 4.69) is 0 Å². The third-order valence-corrected chi connectivity index (χ3v) is 5.77. The van der Waals surface area contributed by atoms with Crippen molar-refractivity contribution >= 4 is 10.0 Å². The van der Waals surface area contributed by atoms with Crippen LogP contribution in [0.2, 0.25) is 0 Å². The van der Waals surface area contributed by atoms with Crippen LogP contribution in [-0.2, 0) is 28.7 Å². The average Bonchev–Trinajstić information content (AvgIpc) is 2.54. The topological polar surface area (TPSA) is 46.6 Å². The van der Waals surface area contributed by atoms with E-state index < -0.39 is 10.0 Å². The third-order valence-electron chi connectivity index (χ3n) is 3.98. The zero-order valence-electron chi connectivity index (χ0n) is 12.5. The molecular weight excluding hydrogens is 298 g/mol. The molecule has 0 amide bonds. The van der Waals surface area contributed by atoms with E-state index in [9.17, 15) is 8.42 Å². The highest BCUT2D eigenvalue weighted by Gasteiger charge is 2.27. The van der Waals surface area contributed by atoms with Crippen LogP contribution >= 0.6 is 0 Å². The molecule has 5 heteroatoms. The third kappa shape index (κ3) is 3.15. The van der Waals surface area contributed by atoms with E-state index in [1.165, 1.54) is 5.56 Å². The molecule has 0 fully saturated rings. The van der Waals surface area contributed by atoms with Crippen LogP contribution in [0.1, 0.15) is 16.7 Å². The summed E-state index contributed by atoms with van der Waals surface area (Å²) >= 11 is 0. The van der Waals surface area contributed by atoms with E-state index in [0.29, 0.717) is 13.1 Å². The first kappa shape index (κ1) is 15.1. The smallest absolute Gasteiger partial charge is 0.218 e. The molecule has 116 valence electrons. The van der Waals surface area contributed by atoms with E-state index >= 15 is 0 Å². The molecule has 3 rings (SSSR count). The highest BCUT2D eigenvalue weighted by Crippen LogP contribution is 2.26. The number of sulfonamides is 1. The molecule has 0 aromatic heterocycles. The Balaban J connectivity index is 1.79. The summed E-state index contributed by atoms with van der Waals surface area (Å²) in [4.78, 5) is 0. The van der Waals surface area contributed by atoms with Gasteiger partial charge in [-0.3, -0.25) is 0 Å². The molecule has 0 bridgehead atoms. The summed E-state index contributed by atoms with van der Waals surface area (Å²) in [6.07, 6.45) is 0.723. The standard InChI is InChI=1S/C17H19NO3S/c1-21-17-8-7-16-12-18(10-9-15(16)11-17)22(19,20)13-14-5-3-2-4-6-14/h2-8,11H,9-10,12-13H2,1H3. The van der Waals surface area contributed by atoms with Crippen molar-refractivity contribution in [3.8, 4) is 5.75 Å². The Labute approximate surface area is 131 Å². The molecule has 1 heterocycles. The van der Waals surface area contributed by atoms with E-state index in [4.69, 9.17) is 4.74 Å². The fraction of sp³-hybridized carbons (Fsp3) is 0.294. The van der Waals surface area contributed by atoms with Crippen molar-refractivity contribution in [2.24, 2.45) is 0 Å². The van der Waals surface area contributed by atoms with E-state index in [0.717, 1.165) is 23.3 Å². The first-order chi connectivity index (χ1) is 10.6. The number of ether oxygens (including phenoxy) is 1. The minimum Gasteiger partial charge on any atom is -0.497 e. The first-order valence-corrected chi connectivity index (χ1v) is 8.87. The van der Waals surface area contributed by atoms with Crippen LogP contribution in [0.15, 0.2) is 48.5 Å². The number of benzene rings is 2. The van der Waals surface area contributed by atoms with E-state index in [1.54, 1.807) is 11.4 Å². The van der Waals surface area contributed by atoms with E-state index in [1.807, 2.05) is 48.5 Å². The molecule has 0 unspecified atom stereocenters. The Bertz CT molecular complexity index is 757. The summed E-state index contributed by atoms with van der Waals surface area (Å²) in [5.41, 5.74) is 3.05. The van der Waals surface area contributed by atoms with Gasteiger partial charge in [0.2, 0.25) is 10.0 Å². The quantitative estimate of drug-likeness (QED) is 0.871. The second kappa shape index (κ2) is 6.10. The first-order valence-electron chi connectivity index (χ1n) is 7.26. The number of fused-ring (bicyclic) bond motifs is 1. The number of rotatable bonds is 4. The van der Waals surface area contributed by atoms with Gasteiger partial charge < -0.3 is 4.74 Å². The Morgan fingerprint density at radius 2 is 1.86 bits per heavy atom. The number of methoxy groups -OCH3 is 1. The molecule has 22 heavy (non-hydrogen) atoms. The van der Waals surface area contributed by atoms with Gasteiger partial charge in [0.1, 0.15) is 5.75 Å². The molecule has 0 atom stereocenters. The van der Waals surface area contributed by atoms with Gasteiger partial charge in [-0.1, -0.05) is 36.4 Å². The van der Waals surface area contributed by atoms with Gasteiger partial charge >= 0.3 is 0 Å². The lowest BCUT2D eigenvalue weighted by molar-refractivity contribution is 0.386. The van der Waals surface area contributed by atoms with Crippen molar-refractivity contribution in [3.05, 3.63) is 65.2 Å². The lowest BCUT2D eigenvalue weighted by atomic mass is 10.0. The molecule has 0 radical (unpaired) electrons. The van der Waals surface area contributed by atoms with Gasteiger partial charge in [0, 0.05) is 13.1 Å². The normalized spacial score (nSPS) is 15.3. The summed E-state index contributed by atoms with van der Waals surface area (Å²) in [7, 11) is -1.65. The van der Waals surface area contributed by atoms with Gasteiger partial charge in [-0.2, -0.15) is 4.31 Å². The van der Waals surface area contributed by atoms with Crippen LogP contribution in [0, 0.1) is 0 Å². The fourth-order valence-electron chi connectivity index (χ4n) is 2.74. The predicted octanol–water partition coefficient (Wildman–Crippen LogP) is 2.58. The fourth-order valence-corrected chi connectivity index (χ4v) is 4.25. The van der Waals surface area contributed by atoms with Gasteiger partial charge in [-0.05, 0) is 35.2 Å². The lowest BCUT2D eigenvalue weighted by Gasteiger charge is -2.28. The molecule has 4 nitrogen and oxygen atoms in total. The summed E-state index contributed by atoms with van der Waals surface area (Å²) in [5.74, 6) is 0.874. The van der Waals surface area contributed by atoms with Crippen molar-refractivity contribution in [1.29, 1.82) is 0 Å². The van der Waals surface area contributed by atoms with Crippen molar-refractivity contribution in [1.82, 2.24) is 4.31 Å². The molecule has 1 aliphatic heterocycles. The summed E-state index contributed by atoms with van der Waals surface area (Å²) < 4.78 is 32.0. The molecule has 0 aliphatic carbocycles. The zero-order valence-corrected chi connectivity index (χ0v) is 13.3. The minimum absolute atomic E-state index is 0.0549. The van der Waals surface area contributed by atoms with Gasteiger partial charge in [-0.25, -0.2) is 8.42 Å². The largest absolute Gasteiger partial charge is 0.497 e. The lowest BCUT2D eigenvalue weighted by Crippen LogP contribution is -2.36. The summed E-state index contributed by atoms with van der Waals surface area (Å²) in [6.45, 7) is 0.962. The Morgan fingerprint density at radius 1 is 1.09 bits per heavy atom. The molecule has 0 saturated carbocycles. The van der Waals surface area contributed by atoms with Crippen molar-refractivity contribution in [2.45, 2.75) is 18.7 Å². The number of nitrogens with zero attached hydrogens (tertiary/aromatic N) is 1. The molecule has 0 spiro atoms. The van der Waals surface area contributed by atoms with Crippen molar-refractivity contribution < 1.29 is 13.2 Å². The van der Waals surface area contributed by atoms with Crippen LogP contribution in [0.4, 0.5) is 0 Å². The monoisotopic (exact) mass is 317 g/mol. The SMILES string of the molecule is COc1ccc2c(c1)CCN(S(=O)(=O)Cc1ccccc1)C2. The Morgan fingerprint density at radius 3 is 2.59 bits per heavy atom. The Hall–Kier alpha value is -1.85.